The molecule has 0 saturated carbocycles. The Morgan fingerprint density at radius 2 is 1.25 bits per heavy atom. The molecule has 12 nitrogen and oxygen atoms in total. The van der Waals surface area contributed by atoms with E-state index in [9.17, 15) is 28.0 Å². The molecule has 3 heterocycles. The van der Waals surface area contributed by atoms with Gasteiger partial charge < -0.3 is 15.2 Å². The van der Waals surface area contributed by atoms with Gasteiger partial charge in [0.2, 0.25) is 0 Å². The Labute approximate surface area is 227 Å². The lowest BCUT2D eigenvalue weighted by Gasteiger charge is -2.16. The molecule has 210 valence electrons. The van der Waals surface area contributed by atoms with Gasteiger partial charge in [0, 0.05) is 18.9 Å². The smallest absolute Gasteiger partial charge is 0.356 e. The molecule has 4 rings (SSSR count). The number of aromatic nitrogens is 4. The van der Waals surface area contributed by atoms with Gasteiger partial charge in [0.25, 0.3) is 11.8 Å². The summed E-state index contributed by atoms with van der Waals surface area (Å²) in [6, 6.07) is 9.36. The summed E-state index contributed by atoms with van der Waals surface area (Å²) in [5.74, 6) is -2.08. The molecule has 1 aromatic carbocycles. The summed E-state index contributed by atoms with van der Waals surface area (Å²) >= 11 is 0. The summed E-state index contributed by atoms with van der Waals surface area (Å²) in [5, 5.41) is 7.82. The predicted molar refractivity (Wildman–Crippen MR) is 136 cm³/mol. The molecule has 1 aliphatic rings. The second-order valence-electron chi connectivity index (χ2n) is 8.21. The standard InChI is InChI=1S/C17H14FN3O4.C9H12FN3O2/c1-25-17(24)14-6-7-19-21(14)10-11(8-18)9-20-15(22)12-4-2-3-5-13(12)16(20)23;1-15-9(14)8-2-3-12-13(8)6-7(4-10)5-11/h2-8H,9-10H2,1H3;2-4H,5-6,11H2,1H3/b11-8+;7-4+. The zero-order valence-corrected chi connectivity index (χ0v) is 21.6. The molecule has 0 aliphatic carbocycles. The molecule has 0 spiro atoms. The van der Waals surface area contributed by atoms with Crippen LogP contribution < -0.4 is 5.73 Å². The molecule has 0 fully saturated rings. The van der Waals surface area contributed by atoms with Crippen molar-refractivity contribution in [1.82, 2.24) is 24.5 Å². The Balaban J connectivity index is 0.000000252. The van der Waals surface area contributed by atoms with E-state index in [1.807, 2.05) is 0 Å². The van der Waals surface area contributed by atoms with Crippen molar-refractivity contribution in [2.45, 2.75) is 13.1 Å². The summed E-state index contributed by atoms with van der Waals surface area (Å²) in [6.45, 7) is -0.105. The van der Waals surface area contributed by atoms with Gasteiger partial charge in [-0.25, -0.2) is 18.4 Å². The molecule has 0 bridgehead atoms. The van der Waals surface area contributed by atoms with Crippen LogP contribution in [0.4, 0.5) is 8.78 Å². The monoisotopic (exact) mass is 556 g/mol. The van der Waals surface area contributed by atoms with Crippen LogP contribution in [0.3, 0.4) is 0 Å². The molecule has 0 atom stereocenters. The van der Waals surface area contributed by atoms with E-state index in [2.05, 4.69) is 19.7 Å². The van der Waals surface area contributed by atoms with Crippen LogP contribution in [0.15, 0.2) is 72.6 Å². The van der Waals surface area contributed by atoms with Gasteiger partial charge in [-0.15, -0.1) is 0 Å². The highest BCUT2D eigenvalue weighted by Gasteiger charge is 2.35. The largest absolute Gasteiger partial charge is 0.464 e. The van der Waals surface area contributed by atoms with Gasteiger partial charge in [-0.2, -0.15) is 10.2 Å². The van der Waals surface area contributed by atoms with Crippen molar-refractivity contribution in [3.05, 3.63) is 95.1 Å². The van der Waals surface area contributed by atoms with Crippen molar-refractivity contribution in [3.8, 4) is 0 Å². The van der Waals surface area contributed by atoms with Gasteiger partial charge in [0.05, 0.1) is 57.6 Å². The minimum Gasteiger partial charge on any atom is -0.464 e. The first-order valence-electron chi connectivity index (χ1n) is 11.7. The maximum Gasteiger partial charge on any atom is 0.356 e. The quantitative estimate of drug-likeness (QED) is 0.309. The average molecular weight is 557 g/mol. The van der Waals surface area contributed by atoms with Crippen molar-refractivity contribution in [1.29, 1.82) is 0 Å². The molecule has 0 saturated heterocycles. The number of amides is 2. The van der Waals surface area contributed by atoms with Crippen molar-refractivity contribution in [2.75, 3.05) is 27.3 Å². The predicted octanol–water partition coefficient (Wildman–Crippen LogP) is 2.30. The molecule has 3 aromatic rings. The minimum atomic E-state index is -0.614. The number of halogens is 2. The van der Waals surface area contributed by atoms with E-state index in [4.69, 9.17) is 5.73 Å². The van der Waals surface area contributed by atoms with E-state index < -0.39 is 23.8 Å². The van der Waals surface area contributed by atoms with Gasteiger partial charge in [0.15, 0.2) is 0 Å². The Morgan fingerprint density at radius 3 is 1.65 bits per heavy atom. The second kappa shape index (κ2) is 13.7. The highest BCUT2D eigenvalue weighted by Crippen LogP contribution is 2.23. The molecular formula is C26H26F2N6O6. The lowest BCUT2D eigenvalue weighted by Crippen LogP contribution is -2.32. The third-order valence-corrected chi connectivity index (χ3v) is 5.74. The SMILES string of the molecule is COC(=O)c1ccnn1C/C(=C/F)CN.COC(=O)c1ccnn1C/C(=C/F)CN1C(=O)c2ccccc2C1=O. The van der Waals surface area contributed by atoms with E-state index >= 15 is 0 Å². The zero-order chi connectivity index (χ0) is 29.2. The third kappa shape index (κ3) is 6.53. The molecule has 0 unspecified atom stereocenters. The first kappa shape index (κ1) is 29.6. The zero-order valence-electron chi connectivity index (χ0n) is 21.6. The second-order valence-corrected chi connectivity index (χ2v) is 8.21. The van der Waals surface area contributed by atoms with Crippen LogP contribution in [0.1, 0.15) is 41.7 Å². The molecule has 2 N–H and O–H groups in total. The van der Waals surface area contributed by atoms with Gasteiger partial charge in [-0.05, 0) is 35.4 Å². The van der Waals surface area contributed by atoms with Crippen LogP contribution in [-0.4, -0.2) is 75.5 Å². The van der Waals surface area contributed by atoms with Crippen LogP contribution in [0.25, 0.3) is 0 Å². The number of esters is 2. The fraction of sp³-hybridized carbons (Fsp3) is 0.231. The number of fused-ring (bicyclic) bond motifs is 1. The molecule has 40 heavy (non-hydrogen) atoms. The van der Waals surface area contributed by atoms with Gasteiger partial charge in [-0.3, -0.25) is 23.9 Å². The summed E-state index contributed by atoms with van der Waals surface area (Å²) in [6.07, 6.45) is 3.55. The van der Waals surface area contributed by atoms with E-state index in [0.29, 0.717) is 29.4 Å². The Bertz CT molecular complexity index is 1430. The number of benzene rings is 1. The van der Waals surface area contributed by atoms with Gasteiger partial charge in [-0.1, -0.05) is 12.1 Å². The fourth-order valence-electron chi connectivity index (χ4n) is 3.71. The number of carbonyl (C=O) groups is 4. The Hall–Kier alpha value is -4.98. The van der Waals surface area contributed by atoms with Crippen LogP contribution in [0.5, 0.6) is 0 Å². The first-order chi connectivity index (χ1) is 19.3. The lowest BCUT2D eigenvalue weighted by atomic mass is 10.1. The topological polar surface area (TPSA) is 152 Å². The first-order valence-corrected chi connectivity index (χ1v) is 11.7. The molecule has 0 radical (unpaired) electrons. The van der Waals surface area contributed by atoms with E-state index in [1.165, 1.54) is 48.1 Å². The fourth-order valence-corrected chi connectivity index (χ4v) is 3.71. The minimum absolute atomic E-state index is 0.0803. The van der Waals surface area contributed by atoms with Crippen molar-refractivity contribution in [2.24, 2.45) is 5.73 Å². The van der Waals surface area contributed by atoms with E-state index in [-0.39, 0.29) is 43.1 Å². The van der Waals surface area contributed by atoms with Crippen LogP contribution in [-0.2, 0) is 22.6 Å². The summed E-state index contributed by atoms with van der Waals surface area (Å²) < 4.78 is 37.3. The number of rotatable bonds is 9. The summed E-state index contributed by atoms with van der Waals surface area (Å²) in [4.78, 5) is 48.5. The third-order valence-electron chi connectivity index (χ3n) is 5.74. The number of nitrogens with two attached hydrogens (primary N) is 1. The highest BCUT2D eigenvalue weighted by atomic mass is 19.1. The van der Waals surface area contributed by atoms with Crippen molar-refractivity contribution < 1.29 is 37.4 Å². The highest BCUT2D eigenvalue weighted by molar-refractivity contribution is 6.21. The lowest BCUT2D eigenvalue weighted by molar-refractivity contribution is 0.0578. The molecule has 14 heteroatoms. The number of hydrogen-bond acceptors (Lipinski definition) is 9. The summed E-state index contributed by atoms with van der Waals surface area (Å²) in [5.41, 5.74) is 6.75. The maximum absolute atomic E-state index is 13.3. The van der Waals surface area contributed by atoms with Crippen LogP contribution in [0.2, 0.25) is 0 Å². The summed E-state index contributed by atoms with van der Waals surface area (Å²) in [7, 11) is 2.50. The molecule has 2 amide bonds. The van der Waals surface area contributed by atoms with E-state index in [1.54, 1.807) is 24.3 Å². The van der Waals surface area contributed by atoms with Crippen molar-refractivity contribution in [3.63, 3.8) is 0 Å². The van der Waals surface area contributed by atoms with Gasteiger partial charge >= 0.3 is 11.9 Å². The van der Waals surface area contributed by atoms with Crippen LogP contribution >= 0.6 is 0 Å². The number of carbonyl (C=O) groups excluding carboxylic acids is 4. The number of nitrogens with zero attached hydrogens (tertiary/aromatic N) is 5. The Morgan fingerprint density at radius 1 is 0.800 bits per heavy atom. The molecule has 2 aromatic heterocycles. The normalized spacial score (nSPS) is 13.1. The van der Waals surface area contributed by atoms with E-state index in [0.717, 1.165) is 4.90 Å². The molecule has 1 aliphatic heterocycles. The maximum atomic E-state index is 13.3. The molecular weight excluding hydrogens is 530 g/mol. The number of imide groups is 1. The van der Waals surface area contributed by atoms with Crippen molar-refractivity contribution >= 4 is 23.8 Å². The van der Waals surface area contributed by atoms with Gasteiger partial charge in [0.1, 0.15) is 11.4 Å². The Kier molecular flexibility index (Phi) is 10.1. The number of methoxy groups -OCH3 is 2. The number of ether oxygens (including phenoxy) is 2. The average Bonchev–Trinajstić information content (AvgIpc) is 3.71. The van der Waals surface area contributed by atoms with Crippen LogP contribution in [0, 0.1) is 0 Å². The number of hydrogen-bond donors (Lipinski definition) is 1.